The number of rotatable bonds is 0. The topological polar surface area (TPSA) is 29.5 Å². The molecule has 0 bridgehead atoms. The van der Waals surface area contributed by atoms with Crippen molar-refractivity contribution in [2.24, 2.45) is 5.92 Å². The van der Waals surface area contributed by atoms with Crippen LogP contribution in [0.1, 0.15) is 38.7 Å². The lowest BCUT2D eigenvalue weighted by molar-refractivity contribution is 0.0163. The second kappa shape index (κ2) is 5.56. The summed E-state index contributed by atoms with van der Waals surface area (Å²) < 4.78 is 5.53. The summed E-state index contributed by atoms with van der Waals surface area (Å²) in [4.78, 5) is 15.6. The summed E-state index contributed by atoms with van der Waals surface area (Å²) in [7, 11) is 0. The molecular formula is C17H23NO2S. The first kappa shape index (κ1) is 14.8. The summed E-state index contributed by atoms with van der Waals surface area (Å²) in [6.07, 6.45) is 0.905. The van der Waals surface area contributed by atoms with E-state index in [1.165, 1.54) is 16.2 Å². The molecule has 0 spiro atoms. The maximum Gasteiger partial charge on any atom is 0.410 e. The Morgan fingerprint density at radius 3 is 2.86 bits per heavy atom. The number of likely N-dealkylation sites (tertiary alicyclic amines) is 1. The van der Waals surface area contributed by atoms with Crippen LogP contribution in [0, 0.1) is 5.92 Å². The van der Waals surface area contributed by atoms with Crippen LogP contribution in [0.5, 0.6) is 0 Å². The van der Waals surface area contributed by atoms with Crippen LogP contribution in [0.25, 0.3) is 0 Å². The molecule has 2 atom stereocenters. The van der Waals surface area contributed by atoms with Crippen LogP contribution in [0.15, 0.2) is 29.2 Å². The number of piperidine rings is 1. The van der Waals surface area contributed by atoms with Crippen LogP contribution in [-0.4, -0.2) is 35.4 Å². The smallest absolute Gasteiger partial charge is 0.410 e. The molecule has 21 heavy (non-hydrogen) atoms. The third-order valence-electron chi connectivity index (χ3n) is 4.18. The number of hydrogen-bond acceptors (Lipinski definition) is 3. The van der Waals surface area contributed by atoms with Gasteiger partial charge in [0.2, 0.25) is 0 Å². The van der Waals surface area contributed by atoms with Crippen LogP contribution < -0.4 is 0 Å². The fraction of sp³-hybridized carbons (Fsp3) is 0.588. The first-order valence-electron chi connectivity index (χ1n) is 7.64. The van der Waals surface area contributed by atoms with Crippen molar-refractivity contribution in [2.45, 2.75) is 43.6 Å². The number of ether oxygens (including phenoxy) is 1. The van der Waals surface area contributed by atoms with Crippen molar-refractivity contribution in [3.05, 3.63) is 29.8 Å². The van der Waals surface area contributed by atoms with Crippen LogP contribution in [-0.2, 0) is 4.74 Å². The minimum absolute atomic E-state index is 0.170. The summed E-state index contributed by atoms with van der Waals surface area (Å²) in [5.74, 6) is 2.32. The van der Waals surface area contributed by atoms with E-state index < -0.39 is 5.60 Å². The van der Waals surface area contributed by atoms with Gasteiger partial charge in [0.25, 0.3) is 0 Å². The van der Waals surface area contributed by atoms with Gasteiger partial charge in [-0.1, -0.05) is 18.2 Å². The quantitative estimate of drug-likeness (QED) is 0.721. The number of carbonyl (C=O) groups excluding carboxylic acids is 1. The van der Waals surface area contributed by atoms with E-state index in [2.05, 4.69) is 24.3 Å². The predicted octanol–water partition coefficient (Wildman–Crippen LogP) is 4.13. The lowest BCUT2D eigenvalue weighted by Gasteiger charge is -2.42. The Morgan fingerprint density at radius 2 is 2.10 bits per heavy atom. The van der Waals surface area contributed by atoms with Crippen molar-refractivity contribution in [3.8, 4) is 0 Å². The molecule has 0 aromatic heterocycles. The summed E-state index contributed by atoms with van der Waals surface area (Å²) in [6.45, 7) is 7.37. The molecular weight excluding hydrogens is 282 g/mol. The van der Waals surface area contributed by atoms with Crippen molar-refractivity contribution >= 4 is 17.9 Å². The largest absolute Gasteiger partial charge is 0.444 e. The highest BCUT2D eigenvalue weighted by molar-refractivity contribution is 7.99. The van der Waals surface area contributed by atoms with Gasteiger partial charge in [-0.3, -0.25) is 0 Å². The van der Waals surface area contributed by atoms with Crippen molar-refractivity contribution < 1.29 is 9.53 Å². The summed E-state index contributed by atoms with van der Waals surface area (Å²) in [5, 5.41) is 0. The van der Waals surface area contributed by atoms with Crippen LogP contribution in [0.3, 0.4) is 0 Å². The molecule has 1 aromatic carbocycles. The van der Waals surface area contributed by atoms with Gasteiger partial charge in [0.15, 0.2) is 0 Å². The minimum atomic E-state index is -0.422. The molecule has 3 nitrogen and oxygen atoms in total. The first-order valence-corrected chi connectivity index (χ1v) is 8.62. The van der Waals surface area contributed by atoms with E-state index in [9.17, 15) is 4.79 Å². The molecule has 0 unspecified atom stereocenters. The van der Waals surface area contributed by atoms with E-state index in [1.54, 1.807) is 0 Å². The number of nitrogens with zero attached hydrogens (tertiary/aromatic N) is 1. The predicted molar refractivity (Wildman–Crippen MR) is 85.8 cm³/mol. The molecule has 3 rings (SSSR count). The molecule has 1 saturated heterocycles. The Kier molecular flexibility index (Phi) is 3.91. The highest BCUT2D eigenvalue weighted by atomic mass is 32.2. The molecule has 2 aliphatic heterocycles. The van der Waals surface area contributed by atoms with Crippen molar-refractivity contribution in [2.75, 3.05) is 18.8 Å². The number of amides is 1. The molecule has 0 N–H and O–H groups in total. The van der Waals surface area contributed by atoms with E-state index in [0.717, 1.165) is 19.5 Å². The summed E-state index contributed by atoms with van der Waals surface area (Å²) in [5.41, 5.74) is 0.987. The maximum absolute atomic E-state index is 12.3. The lowest BCUT2D eigenvalue weighted by Crippen LogP contribution is -2.46. The molecule has 1 amide bonds. The molecule has 1 aromatic rings. The molecule has 4 heteroatoms. The molecule has 0 radical (unpaired) electrons. The van der Waals surface area contributed by atoms with E-state index >= 15 is 0 Å². The Hall–Kier alpha value is -1.16. The zero-order valence-corrected chi connectivity index (χ0v) is 13.8. The number of benzene rings is 1. The van der Waals surface area contributed by atoms with E-state index in [4.69, 9.17) is 4.74 Å². The van der Waals surface area contributed by atoms with Crippen molar-refractivity contribution in [1.82, 2.24) is 4.90 Å². The highest BCUT2D eigenvalue weighted by Crippen LogP contribution is 2.44. The number of hydrogen-bond donors (Lipinski definition) is 0. The van der Waals surface area contributed by atoms with Gasteiger partial charge in [-0.2, -0.15) is 0 Å². The van der Waals surface area contributed by atoms with Gasteiger partial charge < -0.3 is 9.64 Å². The standard InChI is InChI=1S/C17H23NO2S/c1-17(2,3)20-16(19)18-9-8-12-11-21-15-7-5-4-6-13(15)14(12)10-18/h4-7,12,14H,8-11H2,1-3H3/t12-,14-/m1/s1. The fourth-order valence-electron chi connectivity index (χ4n) is 3.16. The molecule has 0 aliphatic carbocycles. The third-order valence-corrected chi connectivity index (χ3v) is 5.46. The van der Waals surface area contributed by atoms with Crippen LogP contribution >= 0.6 is 11.8 Å². The Balaban J connectivity index is 1.76. The summed E-state index contributed by atoms with van der Waals surface area (Å²) in [6, 6.07) is 8.62. The van der Waals surface area contributed by atoms with Gasteiger partial charge >= 0.3 is 6.09 Å². The Labute approximate surface area is 131 Å². The fourth-order valence-corrected chi connectivity index (χ4v) is 4.51. The van der Waals surface area contributed by atoms with Gasteiger partial charge in [0, 0.05) is 29.7 Å². The van der Waals surface area contributed by atoms with Gasteiger partial charge in [0.05, 0.1) is 0 Å². The van der Waals surface area contributed by atoms with Gasteiger partial charge in [-0.05, 0) is 44.7 Å². The molecule has 1 fully saturated rings. The van der Waals surface area contributed by atoms with E-state index in [1.807, 2.05) is 37.4 Å². The first-order chi connectivity index (χ1) is 9.94. The van der Waals surface area contributed by atoms with Crippen LogP contribution in [0.2, 0.25) is 0 Å². The molecule has 2 aliphatic rings. The highest BCUT2D eigenvalue weighted by Gasteiger charge is 2.37. The van der Waals surface area contributed by atoms with Gasteiger partial charge in [0.1, 0.15) is 5.60 Å². The molecule has 0 saturated carbocycles. The molecule has 114 valence electrons. The van der Waals surface area contributed by atoms with Gasteiger partial charge in [-0.15, -0.1) is 11.8 Å². The lowest BCUT2D eigenvalue weighted by atomic mass is 9.81. The third kappa shape index (κ3) is 3.20. The van der Waals surface area contributed by atoms with Crippen molar-refractivity contribution in [1.29, 1.82) is 0 Å². The minimum Gasteiger partial charge on any atom is -0.444 e. The van der Waals surface area contributed by atoms with Crippen molar-refractivity contribution in [3.63, 3.8) is 0 Å². The second-order valence-electron chi connectivity index (χ2n) is 6.93. The van der Waals surface area contributed by atoms with Gasteiger partial charge in [-0.25, -0.2) is 4.79 Å². The van der Waals surface area contributed by atoms with Crippen LogP contribution in [0.4, 0.5) is 4.79 Å². The number of thioether (sulfide) groups is 1. The normalized spacial score (nSPS) is 25.0. The number of fused-ring (bicyclic) bond motifs is 3. The zero-order chi connectivity index (χ0) is 15.0. The monoisotopic (exact) mass is 305 g/mol. The SMILES string of the molecule is CC(C)(C)OC(=O)N1CC[C@@H]2CSc3ccccc3[C@@H]2C1. The van der Waals surface area contributed by atoms with E-state index in [0.29, 0.717) is 11.8 Å². The second-order valence-corrected chi connectivity index (χ2v) is 7.99. The Morgan fingerprint density at radius 1 is 1.33 bits per heavy atom. The van der Waals surface area contributed by atoms with E-state index in [-0.39, 0.29) is 6.09 Å². The Bertz CT molecular complexity index is 538. The maximum atomic E-state index is 12.3. The zero-order valence-electron chi connectivity index (χ0n) is 13.0. The average molecular weight is 305 g/mol. The molecule has 2 heterocycles. The number of carbonyl (C=O) groups is 1. The average Bonchev–Trinajstić information content (AvgIpc) is 2.45. The summed E-state index contributed by atoms with van der Waals surface area (Å²) >= 11 is 1.96.